The molecule has 0 atom stereocenters. The molecule has 2 heterocycles. The maximum absolute atomic E-state index is 11.1. The number of aromatic hydroxyl groups is 1. The lowest BCUT2D eigenvalue weighted by Crippen LogP contribution is -2.04. The van der Waals surface area contributed by atoms with Gasteiger partial charge in [0.25, 0.3) is 0 Å². The molecule has 102 valence electrons. The van der Waals surface area contributed by atoms with Gasteiger partial charge in [-0.1, -0.05) is 0 Å². The third-order valence-electron chi connectivity index (χ3n) is 3.59. The molecule has 0 amide bonds. The molecule has 0 aliphatic heterocycles. The number of carboxylic acid groups (broad SMARTS) is 1. The van der Waals surface area contributed by atoms with Crippen molar-refractivity contribution in [1.29, 1.82) is 0 Å². The molecule has 1 aromatic carbocycles. The number of carbonyl (C=O) groups is 1. The zero-order valence-corrected chi connectivity index (χ0v) is 11.2. The molecule has 0 aliphatic rings. The number of carboxylic acids is 1. The predicted molar refractivity (Wildman–Crippen MR) is 76.0 cm³/mol. The second-order valence-corrected chi connectivity index (χ2v) is 4.82. The van der Waals surface area contributed by atoms with Crippen molar-refractivity contribution in [2.24, 2.45) is 14.1 Å². The minimum atomic E-state index is -0.948. The fourth-order valence-corrected chi connectivity index (χ4v) is 2.57. The van der Waals surface area contributed by atoms with Gasteiger partial charge in [0.15, 0.2) is 0 Å². The summed E-state index contributed by atoms with van der Waals surface area (Å²) in [5, 5.41) is 19.7. The van der Waals surface area contributed by atoms with Crippen LogP contribution in [-0.2, 0) is 14.1 Å². The summed E-state index contributed by atoms with van der Waals surface area (Å²) in [4.78, 5) is 11.1. The van der Waals surface area contributed by atoms with Crippen molar-refractivity contribution < 1.29 is 15.0 Å². The first kappa shape index (κ1) is 12.3. The molecule has 5 nitrogen and oxygen atoms in total. The number of benzene rings is 1. The summed E-state index contributed by atoms with van der Waals surface area (Å²) in [6, 6.07) is 8.56. The van der Waals surface area contributed by atoms with Crippen LogP contribution in [0.4, 0.5) is 0 Å². The molecular weight excluding hydrogens is 256 g/mol. The Bertz CT molecular complexity index is 827. The largest absolute Gasteiger partial charge is 0.508 e. The van der Waals surface area contributed by atoms with E-state index in [0.717, 1.165) is 22.2 Å². The SMILES string of the molecule is Cn1c(C(=O)O)ccc1-c1cn(C)c2cc(O)ccc12. The van der Waals surface area contributed by atoms with Gasteiger partial charge < -0.3 is 19.3 Å². The van der Waals surface area contributed by atoms with Crippen molar-refractivity contribution in [3.05, 3.63) is 42.2 Å². The molecule has 20 heavy (non-hydrogen) atoms. The predicted octanol–water partition coefficient (Wildman–Crippen LogP) is 2.59. The average molecular weight is 270 g/mol. The van der Waals surface area contributed by atoms with E-state index in [0.29, 0.717) is 0 Å². The highest BCUT2D eigenvalue weighted by Gasteiger charge is 2.16. The van der Waals surface area contributed by atoms with Crippen LogP contribution in [0.3, 0.4) is 0 Å². The smallest absolute Gasteiger partial charge is 0.352 e. The van der Waals surface area contributed by atoms with Crippen molar-refractivity contribution >= 4 is 16.9 Å². The number of aromatic carboxylic acids is 1. The van der Waals surface area contributed by atoms with E-state index in [4.69, 9.17) is 5.11 Å². The Morgan fingerprint density at radius 1 is 1.15 bits per heavy atom. The molecule has 0 saturated heterocycles. The lowest BCUT2D eigenvalue weighted by atomic mass is 10.1. The van der Waals surface area contributed by atoms with Gasteiger partial charge in [-0.2, -0.15) is 0 Å². The molecule has 0 bridgehead atoms. The Morgan fingerprint density at radius 3 is 2.55 bits per heavy atom. The van der Waals surface area contributed by atoms with Crippen LogP contribution in [0.1, 0.15) is 10.5 Å². The van der Waals surface area contributed by atoms with Crippen molar-refractivity contribution in [2.45, 2.75) is 0 Å². The van der Waals surface area contributed by atoms with E-state index in [1.807, 2.05) is 23.9 Å². The molecular formula is C15H14N2O3. The molecule has 0 unspecified atom stereocenters. The Kier molecular flexibility index (Phi) is 2.57. The standard InChI is InChI=1S/C15H14N2O3/c1-16-8-11(10-4-3-9(18)7-14(10)16)12-5-6-13(15(19)20)17(12)2/h3-8,18H,1-2H3,(H,19,20). The van der Waals surface area contributed by atoms with E-state index >= 15 is 0 Å². The Hall–Kier alpha value is -2.69. The fourth-order valence-electron chi connectivity index (χ4n) is 2.57. The van der Waals surface area contributed by atoms with E-state index in [2.05, 4.69) is 0 Å². The summed E-state index contributed by atoms with van der Waals surface area (Å²) >= 11 is 0. The highest BCUT2D eigenvalue weighted by atomic mass is 16.4. The first-order valence-electron chi connectivity index (χ1n) is 6.16. The summed E-state index contributed by atoms with van der Waals surface area (Å²) in [7, 11) is 3.63. The third kappa shape index (κ3) is 1.67. The second kappa shape index (κ2) is 4.16. The average Bonchev–Trinajstić information content (AvgIpc) is 2.91. The second-order valence-electron chi connectivity index (χ2n) is 4.82. The van der Waals surface area contributed by atoms with Crippen LogP contribution in [0, 0.1) is 0 Å². The Morgan fingerprint density at radius 2 is 1.90 bits per heavy atom. The monoisotopic (exact) mass is 270 g/mol. The number of fused-ring (bicyclic) bond motifs is 1. The topological polar surface area (TPSA) is 67.4 Å². The summed E-state index contributed by atoms with van der Waals surface area (Å²) in [5.74, 6) is -0.736. The number of rotatable bonds is 2. The Balaban J connectivity index is 2.28. The van der Waals surface area contributed by atoms with Gasteiger partial charge in [-0.25, -0.2) is 4.79 Å². The van der Waals surface area contributed by atoms with Crippen molar-refractivity contribution in [1.82, 2.24) is 9.13 Å². The van der Waals surface area contributed by atoms with Gasteiger partial charge >= 0.3 is 5.97 Å². The number of aromatic nitrogens is 2. The summed E-state index contributed by atoms with van der Waals surface area (Å²) in [6.45, 7) is 0. The van der Waals surface area contributed by atoms with Crippen molar-refractivity contribution in [3.8, 4) is 17.0 Å². The fraction of sp³-hybridized carbons (Fsp3) is 0.133. The zero-order chi connectivity index (χ0) is 14.4. The molecule has 2 aromatic heterocycles. The number of hydrogen-bond donors (Lipinski definition) is 2. The van der Waals surface area contributed by atoms with Crippen LogP contribution in [-0.4, -0.2) is 25.3 Å². The summed E-state index contributed by atoms with van der Waals surface area (Å²) in [5.41, 5.74) is 2.92. The zero-order valence-electron chi connectivity index (χ0n) is 11.2. The molecule has 0 spiro atoms. The number of nitrogens with zero attached hydrogens (tertiary/aromatic N) is 2. The van der Waals surface area contributed by atoms with Gasteiger partial charge in [0.2, 0.25) is 0 Å². The highest BCUT2D eigenvalue weighted by molar-refractivity contribution is 5.97. The molecule has 3 aromatic rings. The lowest BCUT2D eigenvalue weighted by Gasteiger charge is -2.04. The number of phenolic OH excluding ortho intramolecular Hbond substituents is 1. The van der Waals surface area contributed by atoms with Gasteiger partial charge in [0.05, 0.1) is 11.2 Å². The highest BCUT2D eigenvalue weighted by Crippen LogP contribution is 2.32. The van der Waals surface area contributed by atoms with Crippen molar-refractivity contribution in [3.63, 3.8) is 0 Å². The Labute approximate surface area is 115 Å². The van der Waals surface area contributed by atoms with Gasteiger partial charge in [-0.3, -0.25) is 0 Å². The molecule has 2 N–H and O–H groups in total. The molecule has 5 heteroatoms. The van der Waals surface area contributed by atoms with Gasteiger partial charge in [-0.05, 0) is 24.3 Å². The van der Waals surface area contributed by atoms with E-state index in [-0.39, 0.29) is 11.4 Å². The van der Waals surface area contributed by atoms with E-state index in [9.17, 15) is 9.90 Å². The molecule has 0 radical (unpaired) electrons. The lowest BCUT2D eigenvalue weighted by molar-refractivity contribution is 0.0686. The van der Waals surface area contributed by atoms with Crippen LogP contribution >= 0.6 is 0 Å². The number of phenols is 1. The van der Waals surface area contributed by atoms with Crippen LogP contribution in [0.5, 0.6) is 5.75 Å². The van der Waals surface area contributed by atoms with E-state index in [1.165, 1.54) is 0 Å². The minimum Gasteiger partial charge on any atom is -0.508 e. The van der Waals surface area contributed by atoms with E-state index in [1.54, 1.807) is 35.9 Å². The first-order chi connectivity index (χ1) is 9.49. The van der Waals surface area contributed by atoms with Crippen molar-refractivity contribution in [2.75, 3.05) is 0 Å². The minimum absolute atomic E-state index is 0.211. The normalized spacial score (nSPS) is 11.1. The number of hydrogen-bond acceptors (Lipinski definition) is 2. The van der Waals surface area contributed by atoms with Crippen LogP contribution in [0.15, 0.2) is 36.5 Å². The third-order valence-corrected chi connectivity index (χ3v) is 3.59. The van der Waals surface area contributed by atoms with Crippen LogP contribution < -0.4 is 0 Å². The van der Waals surface area contributed by atoms with Gasteiger partial charge in [0.1, 0.15) is 11.4 Å². The maximum Gasteiger partial charge on any atom is 0.352 e. The molecule has 0 aliphatic carbocycles. The molecule has 3 rings (SSSR count). The molecule has 0 fully saturated rings. The maximum atomic E-state index is 11.1. The van der Waals surface area contributed by atoms with Gasteiger partial charge in [0, 0.05) is 37.3 Å². The first-order valence-corrected chi connectivity index (χ1v) is 6.16. The summed E-state index contributed by atoms with van der Waals surface area (Å²) < 4.78 is 3.57. The summed E-state index contributed by atoms with van der Waals surface area (Å²) in [6.07, 6.45) is 1.94. The number of aryl methyl sites for hydroxylation is 1. The van der Waals surface area contributed by atoms with Gasteiger partial charge in [-0.15, -0.1) is 0 Å². The quantitative estimate of drug-likeness (QED) is 0.752. The molecule has 0 saturated carbocycles. The van der Waals surface area contributed by atoms with Crippen LogP contribution in [0.2, 0.25) is 0 Å². The van der Waals surface area contributed by atoms with Crippen LogP contribution in [0.25, 0.3) is 22.2 Å². The van der Waals surface area contributed by atoms with E-state index < -0.39 is 5.97 Å².